The Hall–Kier alpha value is -2.91. The molecule has 2 aromatic carbocycles. The molecule has 0 aliphatic carbocycles. The Morgan fingerprint density at radius 1 is 1.00 bits per heavy atom. The van der Waals surface area contributed by atoms with Gasteiger partial charge in [-0.15, -0.1) is 0 Å². The highest BCUT2D eigenvalue weighted by Crippen LogP contribution is 2.22. The molecule has 4 heteroatoms. The fourth-order valence-electron chi connectivity index (χ4n) is 3.10. The van der Waals surface area contributed by atoms with E-state index in [1.807, 2.05) is 28.8 Å². The van der Waals surface area contributed by atoms with Crippen LogP contribution in [0.4, 0.5) is 0 Å². The summed E-state index contributed by atoms with van der Waals surface area (Å²) in [5.74, 6) is 0.0528. The van der Waals surface area contributed by atoms with E-state index in [4.69, 9.17) is 11.6 Å². The minimum Gasteiger partial charge on any atom is -0.290 e. The first-order chi connectivity index (χ1) is 12.6. The molecule has 0 aliphatic heterocycles. The van der Waals surface area contributed by atoms with Gasteiger partial charge in [0.25, 0.3) is 5.65 Å². The molecule has 0 bridgehead atoms. The molecule has 0 N–H and O–H groups in total. The first-order valence-electron chi connectivity index (χ1n) is 8.47. The smallest absolute Gasteiger partial charge is 0.287 e. The molecule has 26 heavy (non-hydrogen) atoms. The predicted molar refractivity (Wildman–Crippen MR) is 104 cm³/mol. The molecule has 2 heterocycles. The highest BCUT2D eigenvalue weighted by atomic mass is 35.5. The number of pyridine rings is 1. The van der Waals surface area contributed by atoms with Crippen LogP contribution in [-0.2, 0) is 6.54 Å². The normalized spacial score (nSPS) is 11.0. The summed E-state index contributed by atoms with van der Waals surface area (Å²) in [6.45, 7) is 2.34. The Labute approximate surface area is 157 Å². The summed E-state index contributed by atoms with van der Waals surface area (Å²) in [6.07, 6.45) is 4.06. The zero-order valence-electron chi connectivity index (χ0n) is 14.4. The summed E-state index contributed by atoms with van der Waals surface area (Å²) < 4.78 is 4.10. The number of ketones is 1. The first kappa shape index (κ1) is 16.6. The third kappa shape index (κ3) is 3.14. The van der Waals surface area contributed by atoms with Gasteiger partial charge in [-0.2, -0.15) is 0 Å². The number of aryl methyl sites for hydroxylation is 1. The largest absolute Gasteiger partial charge is 0.290 e. The van der Waals surface area contributed by atoms with Crippen molar-refractivity contribution in [3.05, 3.63) is 95.3 Å². The van der Waals surface area contributed by atoms with Crippen LogP contribution < -0.4 is 4.40 Å². The maximum atomic E-state index is 12.8. The van der Waals surface area contributed by atoms with Crippen molar-refractivity contribution in [3.63, 3.8) is 0 Å². The number of Topliss-reactive ketones (excluding diaryl/α,β-unsaturated/α-hetero) is 1. The second kappa shape index (κ2) is 6.77. The molecule has 128 valence electrons. The van der Waals surface area contributed by atoms with E-state index in [9.17, 15) is 4.79 Å². The molecule has 0 spiro atoms. The quantitative estimate of drug-likeness (QED) is 0.381. The van der Waals surface area contributed by atoms with Crippen LogP contribution in [0.2, 0.25) is 5.02 Å². The fraction of sp³-hybridized carbons (Fsp3) is 0.0909. The topological polar surface area (TPSA) is 26.1 Å². The number of hydrogen-bond donors (Lipinski definition) is 0. The maximum absolute atomic E-state index is 12.8. The van der Waals surface area contributed by atoms with Crippen molar-refractivity contribution in [2.45, 2.75) is 13.5 Å². The fourth-order valence-corrected chi connectivity index (χ4v) is 3.23. The molecule has 0 saturated carbocycles. The number of benzene rings is 2. The van der Waals surface area contributed by atoms with Crippen LogP contribution in [0.15, 0.2) is 79.1 Å². The van der Waals surface area contributed by atoms with Gasteiger partial charge in [0.1, 0.15) is 6.20 Å². The van der Waals surface area contributed by atoms with E-state index in [-0.39, 0.29) is 12.3 Å². The molecule has 4 rings (SSSR count). The summed E-state index contributed by atoms with van der Waals surface area (Å²) in [5, 5.41) is 0.629. The second-order valence-electron chi connectivity index (χ2n) is 6.36. The molecule has 2 aromatic heterocycles. The predicted octanol–water partition coefficient (Wildman–Crippen LogP) is 4.74. The molecule has 0 fully saturated rings. The van der Waals surface area contributed by atoms with Gasteiger partial charge in [-0.3, -0.25) is 4.79 Å². The Morgan fingerprint density at radius 3 is 2.46 bits per heavy atom. The lowest BCUT2D eigenvalue weighted by Gasteiger charge is -2.04. The van der Waals surface area contributed by atoms with E-state index in [2.05, 4.69) is 42.0 Å². The molecule has 3 nitrogen and oxygen atoms in total. The molecule has 0 atom stereocenters. The van der Waals surface area contributed by atoms with Gasteiger partial charge in [0.2, 0.25) is 5.78 Å². The standard InChI is InChI=1S/C22H18ClN2O/c1-16-5-7-17(8-6-16)20-14-24-13-3-2-4-22(24)25(20)15-21(26)18-9-11-19(23)12-10-18/h2-14H,15H2,1H3/q+1. The molecular weight excluding hydrogens is 344 g/mol. The van der Waals surface area contributed by atoms with Crippen LogP contribution in [0, 0.1) is 6.92 Å². The average molecular weight is 362 g/mol. The zero-order valence-corrected chi connectivity index (χ0v) is 15.1. The van der Waals surface area contributed by atoms with Crippen LogP contribution in [0.5, 0.6) is 0 Å². The van der Waals surface area contributed by atoms with Crippen LogP contribution in [-0.4, -0.2) is 10.4 Å². The second-order valence-corrected chi connectivity index (χ2v) is 6.80. The summed E-state index contributed by atoms with van der Waals surface area (Å²) >= 11 is 5.94. The lowest BCUT2D eigenvalue weighted by molar-refractivity contribution is -0.510. The molecule has 0 amide bonds. The van der Waals surface area contributed by atoms with Gasteiger partial charge in [0.05, 0.1) is 6.20 Å². The average Bonchev–Trinajstić information content (AvgIpc) is 3.01. The van der Waals surface area contributed by atoms with Gasteiger partial charge in [-0.1, -0.05) is 47.5 Å². The Kier molecular flexibility index (Phi) is 4.31. The van der Waals surface area contributed by atoms with Crippen molar-refractivity contribution in [2.75, 3.05) is 0 Å². The number of fused-ring (bicyclic) bond motifs is 1. The third-order valence-corrected chi connectivity index (χ3v) is 4.76. The number of nitrogens with zero attached hydrogens (tertiary/aromatic N) is 2. The van der Waals surface area contributed by atoms with Crippen molar-refractivity contribution in [3.8, 4) is 11.3 Å². The molecule has 0 saturated heterocycles. The van der Waals surface area contributed by atoms with Gasteiger partial charge < -0.3 is 0 Å². The van der Waals surface area contributed by atoms with Crippen molar-refractivity contribution in [1.82, 2.24) is 4.57 Å². The Bertz CT molecular complexity index is 1080. The lowest BCUT2D eigenvalue weighted by Crippen LogP contribution is -2.19. The highest BCUT2D eigenvalue weighted by Gasteiger charge is 2.21. The molecular formula is C22H18ClN2O+. The summed E-state index contributed by atoms with van der Waals surface area (Å²) in [6, 6.07) is 21.4. The van der Waals surface area contributed by atoms with Gasteiger partial charge in [-0.25, -0.2) is 8.97 Å². The summed E-state index contributed by atoms with van der Waals surface area (Å²) in [7, 11) is 0. The Morgan fingerprint density at radius 2 is 1.73 bits per heavy atom. The van der Waals surface area contributed by atoms with Crippen molar-refractivity contribution < 1.29 is 9.20 Å². The minimum absolute atomic E-state index is 0.0528. The Balaban J connectivity index is 1.79. The van der Waals surface area contributed by atoms with Crippen molar-refractivity contribution in [2.24, 2.45) is 0 Å². The highest BCUT2D eigenvalue weighted by molar-refractivity contribution is 6.30. The molecule has 0 aliphatic rings. The van der Waals surface area contributed by atoms with Crippen molar-refractivity contribution in [1.29, 1.82) is 0 Å². The third-order valence-electron chi connectivity index (χ3n) is 4.51. The van der Waals surface area contributed by atoms with Crippen molar-refractivity contribution >= 4 is 23.0 Å². The molecule has 4 aromatic rings. The lowest BCUT2D eigenvalue weighted by atomic mass is 10.1. The zero-order chi connectivity index (χ0) is 18.1. The number of rotatable bonds is 4. The number of carbonyl (C=O) groups excluding carboxylic acids is 1. The monoisotopic (exact) mass is 361 g/mol. The summed E-state index contributed by atoms with van der Waals surface area (Å²) in [5.41, 5.74) is 4.94. The number of carbonyl (C=O) groups is 1. The number of aromatic nitrogens is 2. The number of hydrogen-bond acceptors (Lipinski definition) is 1. The van der Waals surface area contributed by atoms with E-state index in [1.54, 1.807) is 24.3 Å². The molecule has 0 unspecified atom stereocenters. The van der Waals surface area contributed by atoms with E-state index in [1.165, 1.54) is 5.56 Å². The summed E-state index contributed by atoms with van der Waals surface area (Å²) in [4.78, 5) is 12.8. The SMILES string of the molecule is Cc1ccc(-c2c[n+]3ccccc3n2CC(=O)c2ccc(Cl)cc2)cc1. The van der Waals surface area contributed by atoms with E-state index in [0.29, 0.717) is 10.6 Å². The van der Waals surface area contributed by atoms with Gasteiger partial charge in [0, 0.05) is 22.2 Å². The number of imidazole rings is 1. The minimum atomic E-state index is 0.0528. The molecule has 0 radical (unpaired) electrons. The van der Waals surface area contributed by atoms with Crippen LogP contribution >= 0.6 is 11.6 Å². The van der Waals surface area contributed by atoms with Gasteiger partial charge in [-0.05, 0) is 37.3 Å². The van der Waals surface area contributed by atoms with Crippen LogP contribution in [0.3, 0.4) is 0 Å². The van der Waals surface area contributed by atoms with Crippen LogP contribution in [0.25, 0.3) is 16.9 Å². The number of halogens is 1. The van der Waals surface area contributed by atoms with E-state index < -0.39 is 0 Å². The van der Waals surface area contributed by atoms with Gasteiger partial charge in [0.15, 0.2) is 12.2 Å². The maximum Gasteiger partial charge on any atom is 0.287 e. The van der Waals surface area contributed by atoms with E-state index >= 15 is 0 Å². The van der Waals surface area contributed by atoms with Crippen LogP contribution in [0.1, 0.15) is 15.9 Å². The van der Waals surface area contributed by atoms with E-state index in [0.717, 1.165) is 16.9 Å². The first-order valence-corrected chi connectivity index (χ1v) is 8.85. The van der Waals surface area contributed by atoms with Gasteiger partial charge >= 0.3 is 0 Å².